The Morgan fingerprint density at radius 1 is 1.22 bits per heavy atom. The predicted octanol–water partition coefficient (Wildman–Crippen LogP) is 3.87. The minimum atomic E-state index is 0.505. The molecule has 0 radical (unpaired) electrons. The molecule has 2 nitrogen and oxygen atoms in total. The number of rotatable bonds is 5. The van der Waals surface area contributed by atoms with Gasteiger partial charge in [0.15, 0.2) is 0 Å². The average molecular weight is 266 g/mol. The molecule has 0 aliphatic heterocycles. The number of hydrogen-bond donors (Lipinski definition) is 2. The van der Waals surface area contributed by atoms with Gasteiger partial charge < -0.3 is 0 Å². The largest absolute Gasteiger partial charge is 0.271 e. The van der Waals surface area contributed by atoms with E-state index in [9.17, 15) is 0 Å². The lowest BCUT2D eigenvalue weighted by Gasteiger charge is -2.28. The van der Waals surface area contributed by atoms with Crippen molar-refractivity contribution < 1.29 is 0 Å². The van der Waals surface area contributed by atoms with Gasteiger partial charge in [-0.2, -0.15) is 0 Å². The molecule has 0 saturated heterocycles. The SMILES string of the molecule is NNC(CCc1cccs1)C1CCCCCCC1. The van der Waals surface area contributed by atoms with Gasteiger partial charge in [-0.25, -0.2) is 0 Å². The summed E-state index contributed by atoms with van der Waals surface area (Å²) in [6, 6.07) is 4.88. The van der Waals surface area contributed by atoms with Crippen molar-refractivity contribution in [2.75, 3.05) is 0 Å². The summed E-state index contributed by atoms with van der Waals surface area (Å²) in [6.45, 7) is 0. The first-order valence-electron chi connectivity index (χ1n) is 7.38. The molecule has 0 amide bonds. The van der Waals surface area contributed by atoms with E-state index in [1.807, 2.05) is 11.3 Å². The number of thiophene rings is 1. The van der Waals surface area contributed by atoms with E-state index in [4.69, 9.17) is 5.84 Å². The maximum Gasteiger partial charge on any atom is 0.0242 e. The summed E-state index contributed by atoms with van der Waals surface area (Å²) >= 11 is 1.86. The van der Waals surface area contributed by atoms with Crippen molar-refractivity contribution in [2.24, 2.45) is 11.8 Å². The van der Waals surface area contributed by atoms with Crippen molar-refractivity contribution in [1.29, 1.82) is 0 Å². The quantitative estimate of drug-likeness (QED) is 0.627. The smallest absolute Gasteiger partial charge is 0.0242 e. The molecule has 0 aromatic carbocycles. The monoisotopic (exact) mass is 266 g/mol. The van der Waals surface area contributed by atoms with Crippen LogP contribution in [0.2, 0.25) is 0 Å². The summed E-state index contributed by atoms with van der Waals surface area (Å²) in [6.07, 6.45) is 12.1. The van der Waals surface area contributed by atoms with Gasteiger partial charge >= 0.3 is 0 Å². The van der Waals surface area contributed by atoms with Crippen LogP contribution in [0.4, 0.5) is 0 Å². The highest BCUT2D eigenvalue weighted by Gasteiger charge is 2.20. The Morgan fingerprint density at radius 2 is 1.94 bits per heavy atom. The Kier molecular flexibility index (Phi) is 6.18. The summed E-state index contributed by atoms with van der Waals surface area (Å²) in [5.74, 6) is 6.57. The van der Waals surface area contributed by atoms with Crippen LogP contribution in [-0.4, -0.2) is 6.04 Å². The van der Waals surface area contributed by atoms with E-state index < -0.39 is 0 Å². The lowest BCUT2D eigenvalue weighted by Crippen LogP contribution is -2.41. The van der Waals surface area contributed by atoms with Gasteiger partial charge in [0.2, 0.25) is 0 Å². The molecule has 1 aromatic heterocycles. The molecule has 1 saturated carbocycles. The number of hydrogen-bond acceptors (Lipinski definition) is 3. The van der Waals surface area contributed by atoms with Gasteiger partial charge in [-0.15, -0.1) is 11.3 Å². The van der Waals surface area contributed by atoms with Crippen LogP contribution in [0.3, 0.4) is 0 Å². The molecule has 1 unspecified atom stereocenters. The average Bonchev–Trinajstić information content (AvgIpc) is 2.84. The second-order valence-electron chi connectivity index (χ2n) is 5.50. The van der Waals surface area contributed by atoms with E-state index in [0.717, 1.165) is 5.92 Å². The Morgan fingerprint density at radius 3 is 2.56 bits per heavy atom. The minimum absolute atomic E-state index is 0.505. The van der Waals surface area contributed by atoms with Crippen LogP contribution in [0.1, 0.15) is 56.2 Å². The molecule has 0 bridgehead atoms. The first kappa shape index (κ1) is 14.0. The summed E-state index contributed by atoms with van der Waals surface area (Å²) < 4.78 is 0. The highest BCUT2D eigenvalue weighted by Crippen LogP contribution is 2.27. The first-order valence-corrected chi connectivity index (χ1v) is 8.26. The fraction of sp³-hybridized carbons (Fsp3) is 0.733. The standard InChI is InChI=1S/C15H26N2S/c16-17-15(11-10-14-9-6-12-18-14)13-7-4-2-1-3-5-8-13/h6,9,12-13,15,17H,1-5,7-8,10-11,16H2. The molecule has 1 heterocycles. The maximum absolute atomic E-state index is 5.79. The van der Waals surface area contributed by atoms with Gasteiger partial charge in [0.25, 0.3) is 0 Å². The van der Waals surface area contributed by atoms with Gasteiger partial charge in [-0.1, -0.05) is 38.2 Å². The molecule has 1 atom stereocenters. The van der Waals surface area contributed by atoms with Gasteiger partial charge in [0.05, 0.1) is 0 Å². The van der Waals surface area contributed by atoms with Crippen molar-refractivity contribution >= 4 is 11.3 Å². The fourth-order valence-electron chi connectivity index (χ4n) is 3.10. The molecule has 1 aromatic rings. The van der Waals surface area contributed by atoms with Gasteiger partial charge in [0.1, 0.15) is 0 Å². The minimum Gasteiger partial charge on any atom is -0.271 e. The molecular formula is C15H26N2S. The van der Waals surface area contributed by atoms with Crippen molar-refractivity contribution in [3.63, 3.8) is 0 Å². The number of hydrazine groups is 1. The molecular weight excluding hydrogens is 240 g/mol. The number of nitrogens with one attached hydrogen (secondary N) is 1. The fourth-order valence-corrected chi connectivity index (χ4v) is 3.82. The topological polar surface area (TPSA) is 38.0 Å². The van der Waals surface area contributed by atoms with Crippen LogP contribution in [-0.2, 0) is 6.42 Å². The van der Waals surface area contributed by atoms with Crippen LogP contribution >= 0.6 is 11.3 Å². The second-order valence-corrected chi connectivity index (χ2v) is 6.53. The Bertz CT molecular complexity index is 302. The van der Waals surface area contributed by atoms with Crippen LogP contribution in [0.5, 0.6) is 0 Å². The van der Waals surface area contributed by atoms with E-state index >= 15 is 0 Å². The zero-order chi connectivity index (χ0) is 12.6. The Hall–Kier alpha value is -0.380. The third-order valence-corrected chi connectivity index (χ3v) is 5.15. The number of aryl methyl sites for hydroxylation is 1. The van der Waals surface area contributed by atoms with E-state index in [-0.39, 0.29) is 0 Å². The summed E-state index contributed by atoms with van der Waals surface area (Å²) in [5.41, 5.74) is 3.09. The van der Waals surface area contributed by atoms with E-state index in [0.29, 0.717) is 6.04 Å². The van der Waals surface area contributed by atoms with E-state index in [1.54, 1.807) is 0 Å². The molecule has 3 heteroatoms. The van der Waals surface area contributed by atoms with Crippen LogP contribution < -0.4 is 11.3 Å². The first-order chi connectivity index (χ1) is 8.90. The maximum atomic E-state index is 5.79. The lowest BCUT2D eigenvalue weighted by atomic mass is 9.84. The second kappa shape index (κ2) is 7.93. The zero-order valence-corrected chi connectivity index (χ0v) is 12.1. The Labute approximate surface area is 115 Å². The van der Waals surface area contributed by atoms with E-state index in [1.165, 1.54) is 62.7 Å². The van der Waals surface area contributed by atoms with Crippen molar-refractivity contribution in [3.05, 3.63) is 22.4 Å². The van der Waals surface area contributed by atoms with Crippen LogP contribution in [0, 0.1) is 5.92 Å². The summed E-state index contributed by atoms with van der Waals surface area (Å²) in [5, 5.41) is 2.16. The highest BCUT2D eigenvalue weighted by molar-refractivity contribution is 7.09. The van der Waals surface area contributed by atoms with Crippen LogP contribution in [0.25, 0.3) is 0 Å². The third-order valence-electron chi connectivity index (χ3n) is 4.21. The molecule has 1 fully saturated rings. The normalized spacial score (nSPS) is 20.3. The third kappa shape index (κ3) is 4.38. The summed E-state index contributed by atoms with van der Waals surface area (Å²) in [7, 11) is 0. The zero-order valence-electron chi connectivity index (χ0n) is 11.2. The van der Waals surface area contributed by atoms with Crippen molar-refractivity contribution in [2.45, 2.75) is 63.8 Å². The van der Waals surface area contributed by atoms with Crippen molar-refractivity contribution in [3.8, 4) is 0 Å². The molecule has 3 N–H and O–H groups in total. The molecule has 0 spiro atoms. The molecule has 2 rings (SSSR count). The highest BCUT2D eigenvalue weighted by atomic mass is 32.1. The molecule has 18 heavy (non-hydrogen) atoms. The molecule has 102 valence electrons. The lowest BCUT2D eigenvalue weighted by molar-refractivity contribution is 0.276. The molecule has 1 aliphatic rings. The Balaban J connectivity index is 1.81. The predicted molar refractivity (Wildman–Crippen MR) is 79.6 cm³/mol. The molecule has 1 aliphatic carbocycles. The van der Waals surface area contributed by atoms with Gasteiger partial charge in [-0.3, -0.25) is 11.3 Å². The van der Waals surface area contributed by atoms with E-state index in [2.05, 4.69) is 22.9 Å². The number of nitrogens with two attached hydrogens (primary N) is 1. The van der Waals surface area contributed by atoms with Crippen LogP contribution in [0.15, 0.2) is 17.5 Å². The van der Waals surface area contributed by atoms with Gasteiger partial charge in [0, 0.05) is 10.9 Å². The van der Waals surface area contributed by atoms with Crippen molar-refractivity contribution in [1.82, 2.24) is 5.43 Å². The summed E-state index contributed by atoms with van der Waals surface area (Å²) in [4.78, 5) is 1.49. The van der Waals surface area contributed by atoms with Gasteiger partial charge in [-0.05, 0) is 43.0 Å².